The van der Waals surface area contributed by atoms with Gasteiger partial charge in [-0.15, -0.1) is 0 Å². The van der Waals surface area contributed by atoms with Gasteiger partial charge in [-0.2, -0.15) is 0 Å². The van der Waals surface area contributed by atoms with Crippen LogP contribution in [0.2, 0.25) is 10.0 Å². The van der Waals surface area contributed by atoms with E-state index in [1.165, 1.54) is 6.33 Å². The Hall–Kier alpha value is -2.09. The predicted molar refractivity (Wildman–Crippen MR) is 120 cm³/mol. The number of hydrogen-bond acceptors (Lipinski definition) is 6. The zero-order valence-electron chi connectivity index (χ0n) is 16.7. The van der Waals surface area contributed by atoms with Crippen LogP contribution in [0.25, 0.3) is 0 Å². The normalized spacial score (nSPS) is 17.8. The van der Waals surface area contributed by atoms with E-state index >= 15 is 0 Å². The van der Waals surface area contributed by atoms with Crippen molar-refractivity contribution in [2.75, 3.05) is 43.4 Å². The molecule has 1 unspecified atom stereocenters. The van der Waals surface area contributed by atoms with Gasteiger partial charge in [-0.1, -0.05) is 29.3 Å². The Labute approximate surface area is 186 Å². The fourth-order valence-electron chi connectivity index (χ4n) is 4.10. The lowest BCUT2D eigenvalue weighted by Gasteiger charge is -2.37. The molecule has 1 saturated heterocycles. The molecule has 0 radical (unpaired) electrons. The molecule has 1 amide bonds. The second-order valence-corrected chi connectivity index (χ2v) is 8.70. The first-order chi connectivity index (χ1) is 14.5. The van der Waals surface area contributed by atoms with Crippen molar-refractivity contribution >= 4 is 40.7 Å². The largest absolute Gasteiger partial charge is 0.383 e. The van der Waals surface area contributed by atoms with E-state index in [9.17, 15) is 4.79 Å². The predicted octanol–water partition coefficient (Wildman–Crippen LogP) is 3.02. The van der Waals surface area contributed by atoms with E-state index in [0.717, 1.165) is 29.8 Å². The maximum Gasteiger partial charge on any atom is 0.230 e. The Bertz CT molecular complexity index is 928. The number of carbonyl (C=O) groups is 1. The highest BCUT2D eigenvalue weighted by molar-refractivity contribution is 6.42. The van der Waals surface area contributed by atoms with Crippen molar-refractivity contribution in [3.05, 3.63) is 45.7 Å². The van der Waals surface area contributed by atoms with Crippen molar-refractivity contribution in [3.63, 3.8) is 0 Å². The average Bonchev–Trinajstić information content (AvgIpc) is 3.59. The summed E-state index contributed by atoms with van der Waals surface area (Å²) >= 11 is 12.2. The molecule has 4 N–H and O–H groups in total. The molecule has 1 aromatic carbocycles. The van der Waals surface area contributed by atoms with Gasteiger partial charge in [0.1, 0.15) is 18.0 Å². The number of piperazine rings is 1. The quantitative estimate of drug-likeness (QED) is 0.703. The van der Waals surface area contributed by atoms with E-state index in [-0.39, 0.29) is 11.8 Å². The fourth-order valence-corrected chi connectivity index (χ4v) is 4.41. The van der Waals surface area contributed by atoms with Crippen LogP contribution in [0.4, 0.5) is 11.6 Å². The van der Waals surface area contributed by atoms with Gasteiger partial charge in [-0.3, -0.25) is 4.79 Å². The van der Waals surface area contributed by atoms with Gasteiger partial charge >= 0.3 is 0 Å². The first-order valence-corrected chi connectivity index (χ1v) is 11.0. The van der Waals surface area contributed by atoms with Crippen LogP contribution in [0.3, 0.4) is 0 Å². The van der Waals surface area contributed by atoms with E-state index in [1.54, 1.807) is 12.1 Å². The molecule has 2 fully saturated rings. The second kappa shape index (κ2) is 8.96. The van der Waals surface area contributed by atoms with Gasteiger partial charge in [0, 0.05) is 31.7 Å². The van der Waals surface area contributed by atoms with Crippen LogP contribution < -0.4 is 16.4 Å². The summed E-state index contributed by atoms with van der Waals surface area (Å²) < 4.78 is 0. The summed E-state index contributed by atoms with van der Waals surface area (Å²) in [5, 5.41) is 0.923. The number of nitrogens with zero attached hydrogens (tertiary/aromatic N) is 4. The number of aromatic nitrogens is 2. The number of amides is 1. The van der Waals surface area contributed by atoms with E-state index in [0.29, 0.717) is 60.9 Å². The zero-order chi connectivity index (χ0) is 21.3. The van der Waals surface area contributed by atoms with Gasteiger partial charge in [0.25, 0.3) is 0 Å². The molecule has 1 saturated carbocycles. The Morgan fingerprint density at radius 3 is 2.50 bits per heavy atom. The highest BCUT2D eigenvalue weighted by Crippen LogP contribution is 2.46. The Balaban J connectivity index is 1.47. The smallest absolute Gasteiger partial charge is 0.230 e. The average molecular weight is 449 g/mol. The minimum Gasteiger partial charge on any atom is -0.383 e. The molecule has 0 bridgehead atoms. The Morgan fingerprint density at radius 1 is 1.13 bits per heavy atom. The molecule has 2 aliphatic rings. The maximum atomic E-state index is 13.3. The maximum absolute atomic E-state index is 13.3. The van der Waals surface area contributed by atoms with Crippen LogP contribution in [-0.2, 0) is 4.79 Å². The lowest BCUT2D eigenvalue weighted by Crippen LogP contribution is -2.50. The molecule has 9 heteroatoms. The lowest BCUT2D eigenvalue weighted by molar-refractivity contribution is -0.133. The molecule has 0 spiro atoms. The van der Waals surface area contributed by atoms with Crippen molar-refractivity contribution in [1.29, 1.82) is 0 Å². The standard InChI is InChI=1S/C21H26Cl2N6O/c22-16-4-3-14(11-17(16)23)15(5-6-24)21(30)29-9-7-28(8-10-29)20-18(13-1-2-13)19(25)26-12-27-20/h3-4,11-13,15H,1-2,5-10,24H2,(H2,25,26,27). The third-order valence-electron chi connectivity index (χ3n) is 5.87. The van der Waals surface area contributed by atoms with Crippen LogP contribution >= 0.6 is 23.2 Å². The minimum absolute atomic E-state index is 0.0723. The number of hydrogen-bond donors (Lipinski definition) is 2. The number of nitrogen functional groups attached to an aromatic ring is 1. The third kappa shape index (κ3) is 4.33. The minimum atomic E-state index is -0.326. The molecule has 30 heavy (non-hydrogen) atoms. The summed E-state index contributed by atoms with van der Waals surface area (Å²) in [6.07, 6.45) is 4.35. The van der Waals surface area contributed by atoms with Crippen LogP contribution in [0.5, 0.6) is 0 Å². The van der Waals surface area contributed by atoms with Crippen molar-refractivity contribution < 1.29 is 4.79 Å². The molecular weight excluding hydrogens is 423 g/mol. The Morgan fingerprint density at radius 2 is 1.87 bits per heavy atom. The first kappa shape index (κ1) is 21.2. The van der Waals surface area contributed by atoms with Crippen molar-refractivity contribution in [2.24, 2.45) is 5.73 Å². The van der Waals surface area contributed by atoms with Crippen LogP contribution in [0.1, 0.15) is 42.2 Å². The van der Waals surface area contributed by atoms with Gasteiger partial charge in [0.2, 0.25) is 5.91 Å². The molecular formula is C21H26Cl2N6O. The summed E-state index contributed by atoms with van der Waals surface area (Å²) in [5.74, 6) is 1.70. The number of nitrogens with two attached hydrogens (primary N) is 2. The summed E-state index contributed by atoms with van der Waals surface area (Å²) in [5.41, 5.74) is 13.8. The summed E-state index contributed by atoms with van der Waals surface area (Å²) in [7, 11) is 0. The summed E-state index contributed by atoms with van der Waals surface area (Å²) in [6.45, 7) is 3.07. The summed E-state index contributed by atoms with van der Waals surface area (Å²) in [6, 6.07) is 5.35. The lowest BCUT2D eigenvalue weighted by atomic mass is 9.94. The van der Waals surface area contributed by atoms with E-state index in [1.807, 2.05) is 11.0 Å². The Kier molecular flexibility index (Phi) is 6.32. The monoisotopic (exact) mass is 448 g/mol. The van der Waals surface area contributed by atoms with Gasteiger partial charge in [0.15, 0.2) is 0 Å². The van der Waals surface area contributed by atoms with Crippen LogP contribution in [-0.4, -0.2) is 53.5 Å². The third-order valence-corrected chi connectivity index (χ3v) is 6.61. The van der Waals surface area contributed by atoms with Crippen LogP contribution in [0.15, 0.2) is 24.5 Å². The zero-order valence-corrected chi connectivity index (χ0v) is 18.2. The van der Waals surface area contributed by atoms with E-state index < -0.39 is 0 Å². The SMILES string of the molecule is NCCC(C(=O)N1CCN(c2ncnc(N)c2C2CC2)CC1)c1ccc(Cl)c(Cl)c1. The van der Waals surface area contributed by atoms with Gasteiger partial charge in [-0.05, 0) is 49.4 Å². The molecule has 1 aromatic heterocycles. The summed E-state index contributed by atoms with van der Waals surface area (Å²) in [4.78, 5) is 26.1. The van der Waals surface area contributed by atoms with Crippen molar-refractivity contribution in [3.8, 4) is 0 Å². The molecule has 160 valence electrons. The number of halogens is 2. The van der Waals surface area contributed by atoms with Crippen molar-refractivity contribution in [2.45, 2.75) is 31.1 Å². The molecule has 1 aliphatic heterocycles. The van der Waals surface area contributed by atoms with E-state index in [4.69, 9.17) is 34.7 Å². The second-order valence-electron chi connectivity index (χ2n) is 7.89. The molecule has 4 rings (SSSR count). The van der Waals surface area contributed by atoms with E-state index in [2.05, 4.69) is 14.9 Å². The van der Waals surface area contributed by atoms with Gasteiger partial charge in [-0.25, -0.2) is 9.97 Å². The highest BCUT2D eigenvalue weighted by atomic mass is 35.5. The number of rotatable bonds is 6. The van der Waals surface area contributed by atoms with Crippen LogP contribution in [0, 0.1) is 0 Å². The molecule has 2 aromatic rings. The van der Waals surface area contributed by atoms with Gasteiger partial charge in [0.05, 0.1) is 16.0 Å². The molecule has 7 nitrogen and oxygen atoms in total. The number of carbonyl (C=O) groups excluding carboxylic acids is 1. The van der Waals surface area contributed by atoms with Crippen molar-refractivity contribution in [1.82, 2.24) is 14.9 Å². The number of anilines is 2. The molecule has 1 atom stereocenters. The number of benzene rings is 1. The topological polar surface area (TPSA) is 101 Å². The first-order valence-electron chi connectivity index (χ1n) is 10.3. The fraction of sp³-hybridized carbons (Fsp3) is 0.476. The molecule has 1 aliphatic carbocycles. The highest BCUT2D eigenvalue weighted by Gasteiger charge is 2.34. The molecule has 2 heterocycles. The van der Waals surface area contributed by atoms with Gasteiger partial charge < -0.3 is 21.3 Å².